The molecule has 1 aromatic rings. The molecule has 0 aliphatic carbocycles. The van der Waals surface area contributed by atoms with Crippen LogP contribution >= 0.6 is 0 Å². The number of hydrogen-bond donors (Lipinski definition) is 1. The van der Waals surface area contributed by atoms with Gasteiger partial charge < -0.3 is 14.8 Å². The van der Waals surface area contributed by atoms with Crippen LogP contribution in [-0.4, -0.2) is 26.2 Å². The summed E-state index contributed by atoms with van der Waals surface area (Å²) in [6.07, 6.45) is 0.964. The lowest BCUT2D eigenvalue weighted by Crippen LogP contribution is -2.30. The average molecular weight is 251 g/mol. The van der Waals surface area contributed by atoms with E-state index in [9.17, 15) is 4.79 Å². The van der Waals surface area contributed by atoms with Crippen LogP contribution in [0.4, 0.5) is 0 Å². The molecule has 0 spiro atoms. The Bertz CT molecular complexity index is 362. The molecule has 0 bridgehead atoms. The van der Waals surface area contributed by atoms with Crippen LogP contribution in [0.2, 0.25) is 0 Å². The number of rotatable bonds is 7. The van der Waals surface area contributed by atoms with Crippen molar-refractivity contribution in [3.8, 4) is 5.75 Å². The van der Waals surface area contributed by atoms with Gasteiger partial charge in [0.2, 0.25) is 0 Å². The van der Waals surface area contributed by atoms with E-state index < -0.39 is 6.04 Å². The fraction of sp³-hybridized carbons (Fsp3) is 0.500. The fourth-order valence-electron chi connectivity index (χ4n) is 1.65. The summed E-state index contributed by atoms with van der Waals surface area (Å²) in [6, 6.07) is 7.03. The van der Waals surface area contributed by atoms with Crippen molar-refractivity contribution < 1.29 is 14.3 Å². The molecule has 0 fully saturated rings. The molecule has 4 heteroatoms. The highest BCUT2D eigenvalue weighted by Crippen LogP contribution is 2.19. The Morgan fingerprint density at radius 1 is 1.28 bits per heavy atom. The van der Waals surface area contributed by atoms with Crippen molar-refractivity contribution in [2.45, 2.75) is 26.3 Å². The fourth-order valence-corrected chi connectivity index (χ4v) is 1.65. The molecule has 1 atom stereocenters. The van der Waals surface area contributed by atoms with Crippen molar-refractivity contribution in [2.75, 3.05) is 20.3 Å². The minimum atomic E-state index is -0.407. The van der Waals surface area contributed by atoms with Gasteiger partial charge in [-0.1, -0.05) is 19.1 Å². The monoisotopic (exact) mass is 251 g/mol. The number of esters is 1. The maximum atomic E-state index is 11.9. The predicted octanol–water partition coefficient (Wildman–Crippen LogP) is 2.30. The van der Waals surface area contributed by atoms with Crippen LogP contribution in [0.15, 0.2) is 24.3 Å². The van der Waals surface area contributed by atoms with E-state index in [1.165, 1.54) is 0 Å². The van der Waals surface area contributed by atoms with Gasteiger partial charge in [0.25, 0.3) is 0 Å². The van der Waals surface area contributed by atoms with E-state index >= 15 is 0 Å². The third kappa shape index (κ3) is 4.04. The van der Waals surface area contributed by atoms with E-state index in [1.54, 1.807) is 7.11 Å². The van der Waals surface area contributed by atoms with Crippen LogP contribution in [0, 0.1) is 0 Å². The smallest absolute Gasteiger partial charge is 0.327 e. The van der Waals surface area contributed by atoms with Gasteiger partial charge in [0.1, 0.15) is 11.8 Å². The van der Waals surface area contributed by atoms with Crippen LogP contribution in [0.25, 0.3) is 0 Å². The predicted molar refractivity (Wildman–Crippen MR) is 70.7 cm³/mol. The van der Waals surface area contributed by atoms with Crippen molar-refractivity contribution in [3.63, 3.8) is 0 Å². The molecule has 100 valence electrons. The van der Waals surface area contributed by atoms with E-state index in [1.807, 2.05) is 31.2 Å². The zero-order valence-corrected chi connectivity index (χ0v) is 11.2. The van der Waals surface area contributed by atoms with Gasteiger partial charge in [0, 0.05) is 0 Å². The first-order valence-corrected chi connectivity index (χ1v) is 6.26. The van der Waals surface area contributed by atoms with Crippen LogP contribution in [0.5, 0.6) is 5.75 Å². The summed E-state index contributed by atoms with van der Waals surface area (Å²) >= 11 is 0. The van der Waals surface area contributed by atoms with Crippen molar-refractivity contribution in [3.05, 3.63) is 29.8 Å². The third-order valence-electron chi connectivity index (χ3n) is 2.57. The van der Waals surface area contributed by atoms with Crippen LogP contribution in [0.3, 0.4) is 0 Å². The van der Waals surface area contributed by atoms with Gasteiger partial charge in [0.15, 0.2) is 0 Å². The van der Waals surface area contributed by atoms with E-state index in [0.717, 1.165) is 24.3 Å². The quantitative estimate of drug-likeness (QED) is 0.755. The standard InChI is InChI=1S/C14H21NO3/c1-4-10-15-13(14(16)18-5-2)11-6-8-12(17-3)9-7-11/h6-9,13,15H,4-5,10H2,1-3H3. The lowest BCUT2D eigenvalue weighted by Gasteiger charge is -2.17. The summed E-state index contributed by atoms with van der Waals surface area (Å²) in [6.45, 7) is 5.03. The van der Waals surface area contributed by atoms with E-state index in [2.05, 4.69) is 12.2 Å². The molecule has 0 amide bonds. The highest BCUT2D eigenvalue weighted by atomic mass is 16.5. The molecular weight excluding hydrogens is 230 g/mol. The van der Waals surface area contributed by atoms with Crippen molar-refractivity contribution in [2.24, 2.45) is 0 Å². The zero-order chi connectivity index (χ0) is 13.4. The highest BCUT2D eigenvalue weighted by molar-refractivity contribution is 5.77. The summed E-state index contributed by atoms with van der Waals surface area (Å²) in [7, 11) is 1.62. The second kappa shape index (κ2) is 7.71. The van der Waals surface area contributed by atoms with Crippen LogP contribution in [0.1, 0.15) is 31.9 Å². The second-order valence-electron chi connectivity index (χ2n) is 3.91. The summed E-state index contributed by atoms with van der Waals surface area (Å²) in [4.78, 5) is 11.9. The van der Waals surface area contributed by atoms with Gasteiger partial charge in [-0.2, -0.15) is 0 Å². The maximum absolute atomic E-state index is 11.9. The molecule has 1 aromatic carbocycles. The Morgan fingerprint density at radius 2 is 1.94 bits per heavy atom. The Labute approximate surface area is 108 Å². The zero-order valence-electron chi connectivity index (χ0n) is 11.2. The number of methoxy groups -OCH3 is 1. The molecule has 0 saturated carbocycles. The van der Waals surface area contributed by atoms with Crippen molar-refractivity contribution >= 4 is 5.97 Å². The van der Waals surface area contributed by atoms with Gasteiger partial charge in [-0.15, -0.1) is 0 Å². The van der Waals surface area contributed by atoms with E-state index in [0.29, 0.717) is 6.61 Å². The molecule has 0 saturated heterocycles. The first kappa shape index (κ1) is 14.5. The largest absolute Gasteiger partial charge is 0.497 e. The maximum Gasteiger partial charge on any atom is 0.327 e. The molecule has 1 N–H and O–H groups in total. The van der Waals surface area contributed by atoms with Crippen molar-refractivity contribution in [1.29, 1.82) is 0 Å². The summed E-state index contributed by atoms with van der Waals surface area (Å²) in [5, 5.41) is 3.19. The molecule has 0 aliphatic rings. The van der Waals surface area contributed by atoms with E-state index in [-0.39, 0.29) is 5.97 Å². The molecule has 0 aliphatic heterocycles. The minimum Gasteiger partial charge on any atom is -0.497 e. The molecule has 0 radical (unpaired) electrons. The van der Waals surface area contributed by atoms with Crippen molar-refractivity contribution in [1.82, 2.24) is 5.32 Å². The SMILES string of the molecule is CCCNC(C(=O)OCC)c1ccc(OC)cc1. The number of benzene rings is 1. The number of carbonyl (C=O) groups is 1. The topological polar surface area (TPSA) is 47.6 Å². The first-order valence-electron chi connectivity index (χ1n) is 6.26. The van der Waals surface area contributed by atoms with Gasteiger partial charge in [0.05, 0.1) is 13.7 Å². The number of ether oxygens (including phenoxy) is 2. The molecule has 18 heavy (non-hydrogen) atoms. The lowest BCUT2D eigenvalue weighted by atomic mass is 10.1. The second-order valence-corrected chi connectivity index (χ2v) is 3.91. The normalized spacial score (nSPS) is 11.9. The molecule has 4 nitrogen and oxygen atoms in total. The Kier molecular flexibility index (Phi) is 6.22. The minimum absolute atomic E-state index is 0.240. The van der Waals surface area contributed by atoms with Gasteiger partial charge in [-0.3, -0.25) is 0 Å². The summed E-state index contributed by atoms with van der Waals surface area (Å²) < 4.78 is 10.2. The lowest BCUT2D eigenvalue weighted by molar-refractivity contribution is -0.145. The van der Waals surface area contributed by atoms with Crippen LogP contribution in [-0.2, 0) is 9.53 Å². The Balaban J connectivity index is 2.82. The summed E-state index contributed by atoms with van der Waals surface area (Å²) in [5.41, 5.74) is 0.891. The number of hydrogen-bond acceptors (Lipinski definition) is 4. The highest BCUT2D eigenvalue weighted by Gasteiger charge is 2.20. The number of nitrogens with one attached hydrogen (secondary N) is 1. The van der Waals surface area contributed by atoms with Gasteiger partial charge >= 0.3 is 5.97 Å². The molecule has 1 rings (SSSR count). The molecule has 0 heterocycles. The van der Waals surface area contributed by atoms with Crippen LogP contribution < -0.4 is 10.1 Å². The van der Waals surface area contributed by atoms with E-state index in [4.69, 9.17) is 9.47 Å². The van der Waals surface area contributed by atoms with Gasteiger partial charge in [-0.05, 0) is 37.6 Å². The Morgan fingerprint density at radius 3 is 2.44 bits per heavy atom. The Hall–Kier alpha value is -1.55. The molecule has 0 aromatic heterocycles. The third-order valence-corrected chi connectivity index (χ3v) is 2.57. The van der Waals surface area contributed by atoms with Gasteiger partial charge in [-0.25, -0.2) is 4.79 Å². The molecular formula is C14H21NO3. The first-order chi connectivity index (χ1) is 8.72. The summed E-state index contributed by atoms with van der Waals surface area (Å²) in [5.74, 6) is 0.535. The number of carbonyl (C=O) groups excluding carboxylic acids is 1. The average Bonchev–Trinajstić information content (AvgIpc) is 2.40. The molecule has 1 unspecified atom stereocenters.